The number of hydrogen-bond donors (Lipinski definition) is 5. The Kier molecular flexibility index (Phi) is 5.24. The summed E-state index contributed by atoms with van der Waals surface area (Å²) in [4.78, 5) is 9.97. The summed E-state index contributed by atoms with van der Waals surface area (Å²) in [5.74, 6) is -1.27. The van der Waals surface area contributed by atoms with Crippen LogP contribution in [0, 0.1) is 0 Å². The van der Waals surface area contributed by atoms with E-state index in [-0.39, 0.29) is 0 Å². The van der Waals surface area contributed by atoms with Gasteiger partial charge in [0.25, 0.3) is 0 Å². The number of aliphatic hydroxyl groups excluding tert-OH is 4. The first kappa shape index (κ1) is 12.0. The molecule has 0 bridgehead atoms. The minimum atomic E-state index is -1.60. The van der Waals surface area contributed by atoms with Crippen LogP contribution in [0.3, 0.4) is 0 Å². The van der Waals surface area contributed by atoms with E-state index in [9.17, 15) is 4.79 Å². The van der Waals surface area contributed by atoms with Crippen molar-refractivity contribution in [2.24, 2.45) is 0 Å². The van der Waals surface area contributed by atoms with Crippen molar-refractivity contribution in [1.29, 1.82) is 0 Å². The van der Waals surface area contributed by atoms with E-state index in [1.807, 2.05) is 0 Å². The summed E-state index contributed by atoms with van der Waals surface area (Å²) in [6.45, 7) is -0.709. The molecule has 6 heteroatoms. The molecule has 0 amide bonds. The molecule has 3 atom stereocenters. The van der Waals surface area contributed by atoms with Crippen molar-refractivity contribution in [2.75, 3.05) is 6.61 Å². The number of carboxylic acids is 1. The number of hydrogen-bond acceptors (Lipinski definition) is 5. The summed E-state index contributed by atoms with van der Waals surface area (Å²) >= 11 is 0. The Balaban J connectivity index is 4.09. The van der Waals surface area contributed by atoms with Gasteiger partial charge in [-0.1, -0.05) is 0 Å². The average Bonchev–Trinajstić information content (AvgIpc) is 2.11. The quantitative estimate of drug-likeness (QED) is 0.313. The summed E-state index contributed by atoms with van der Waals surface area (Å²) in [5, 5.41) is 43.3. The third kappa shape index (κ3) is 4.58. The molecule has 76 valence electrons. The van der Waals surface area contributed by atoms with Gasteiger partial charge in [-0.3, -0.25) is 0 Å². The number of aliphatic hydroxyl groups is 4. The van der Waals surface area contributed by atoms with Gasteiger partial charge in [-0.25, -0.2) is 4.79 Å². The number of carboxylic acid groups (broad SMARTS) is 1. The predicted molar refractivity (Wildman–Crippen MR) is 41.9 cm³/mol. The van der Waals surface area contributed by atoms with Crippen molar-refractivity contribution in [3.8, 4) is 0 Å². The molecular formula is C7H12O6. The van der Waals surface area contributed by atoms with Crippen molar-refractivity contribution in [3.05, 3.63) is 12.2 Å². The minimum absolute atomic E-state index is 0.637. The van der Waals surface area contributed by atoms with Crippen LogP contribution in [0.15, 0.2) is 12.2 Å². The van der Waals surface area contributed by atoms with Crippen molar-refractivity contribution >= 4 is 5.97 Å². The molecule has 0 aromatic rings. The highest BCUT2D eigenvalue weighted by atomic mass is 16.4. The Morgan fingerprint density at radius 2 is 1.85 bits per heavy atom. The zero-order valence-corrected chi connectivity index (χ0v) is 6.74. The predicted octanol–water partition coefficient (Wildman–Crippen LogP) is -2.30. The van der Waals surface area contributed by atoms with E-state index in [4.69, 9.17) is 25.5 Å². The molecular weight excluding hydrogens is 180 g/mol. The number of rotatable bonds is 5. The average molecular weight is 192 g/mol. The topological polar surface area (TPSA) is 118 Å². The van der Waals surface area contributed by atoms with E-state index in [2.05, 4.69) is 0 Å². The van der Waals surface area contributed by atoms with Gasteiger partial charge in [0.15, 0.2) is 0 Å². The summed E-state index contributed by atoms with van der Waals surface area (Å²) in [6, 6.07) is 0. The van der Waals surface area contributed by atoms with Crippen LogP contribution in [0.4, 0.5) is 0 Å². The molecule has 3 unspecified atom stereocenters. The standard InChI is InChI=1S/C7H12O6/c8-3-5(10)7(13)4(9)1-2-6(11)12/h1-2,4-5,7-10,13H,3H2,(H,11,12). The summed E-state index contributed by atoms with van der Waals surface area (Å²) in [5.41, 5.74) is 0. The van der Waals surface area contributed by atoms with Gasteiger partial charge < -0.3 is 25.5 Å². The van der Waals surface area contributed by atoms with Crippen molar-refractivity contribution < 1.29 is 30.3 Å². The number of aliphatic carboxylic acids is 1. The van der Waals surface area contributed by atoms with E-state index >= 15 is 0 Å². The van der Waals surface area contributed by atoms with Crippen LogP contribution in [0.2, 0.25) is 0 Å². The highest BCUT2D eigenvalue weighted by molar-refractivity contribution is 5.79. The summed E-state index contributed by atoms with van der Waals surface area (Å²) < 4.78 is 0. The third-order valence-electron chi connectivity index (χ3n) is 1.37. The van der Waals surface area contributed by atoms with E-state index in [1.165, 1.54) is 0 Å². The molecule has 5 N–H and O–H groups in total. The molecule has 0 aromatic carbocycles. The van der Waals surface area contributed by atoms with Gasteiger partial charge >= 0.3 is 5.97 Å². The lowest BCUT2D eigenvalue weighted by Crippen LogP contribution is -2.38. The molecule has 0 heterocycles. The van der Waals surface area contributed by atoms with Crippen LogP contribution < -0.4 is 0 Å². The lowest BCUT2D eigenvalue weighted by Gasteiger charge is -2.18. The highest BCUT2D eigenvalue weighted by Crippen LogP contribution is 2.01. The first-order valence-electron chi connectivity index (χ1n) is 3.55. The van der Waals surface area contributed by atoms with E-state index < -0.39 is 30.9 Å². The van der Waals surface area contributed by atoms with Gasteiger partial charge in [-0.15, -0.1) is 0 Å². The Morgan fingerprint density at radius 3 is 2.23 bits per heavy atom. The maximum Gasteiger partial charge on any atom is 0.328 e. The second kappa shape index (κ2) is 5.65. The zero-order valence-electron chi connectivity index (χ0n) is 6.74. The normalized spacial score (nSPS) is 18.5. The summed E-state index contributed by atoms with van der Waals surface area (Å²) in [6.07, 6.45) is -3.16. The second-order valence-corrected chi connectivity index (χ2v) is 2.43. The second-order valence-electron chi connectivity index (χ2n) is 2.43. The molecule has 0 fully saturated rings. The first-order valence-corrected chi connectivity index (χ1v) is 3.55. The zero-order chi connectivity index (χ0) is 10.4. The molecule has 0 aliphatic heterocycles. The van der Waals surface area contributed by atoms with Crippen molar-refractivity contribution in [2.45, 2.75) is 18.3 Å². The molecule has 0 saturated heterocycles. The van der Waals surface area contributed by atoms with E-state index in [0.29, 0.717) is 6.08 Å². The Bertz CT molecular complexity index is 189. The monoisotopic (exact) mass is 192 g/mol. The molecule has 0 aliphatic rings. The molecule has 6 nitrogen and oxygen atoms in total. The lowest BCUT2D eigenvalue weighted by molar-refractivity contribution is -0.131. The maximum absolute atomic E-state index is 9.97. The minimum Gasteiger partial charge on any atom is -0.478 e. The van der Waals surface area contributed by atoms with Gasteiger partial charge in [-0.05, 0) is 6.08 Å². The van der Waals surface area contributed by atoms with Crippen LogP contribution in [0.5, 0.6) is 0 Å². The Morgan fingerprint density at radius 1 is 1.31 bits per heavy atom. The van der Waals surface area contributed by atoms with Crippen molar-refractivity contribution in [1.82, 2.24) is 0 Å². The first-order chi connectivity index (χ1) is 5.99. The van der Waals surface area contributed by atoms with E-state index in [0.717, 1.165) is 6.08 Å². The van der Waals surface area contributed by atoms with E-state index in [1.54, 1.807) is 0 Å². The van der Waals surface area contributed by atoms with Crippen LogP contribution in [-0.4, -0.2) is 56.4 Å². The largest absolute Gasteiger partial charge is 0.478 e. The van der Waals surface area contributed by atoms with Crippen LogP contribution in [0.25, 0.3) is 0 Å². The fourth-order valence-corrected chi connectivity index (χ4v) is 0.630. The molecule has 13 heavy (non-hydrogen) atoms. The van der Waals surface area contributed by atoms with Gasteiger partial charge in [0.2, 0.25) is 0 Å². The molecule has 0 saturated carbocycles. The van der Waals surface area contributed by atoms with Crippen molar-refractivity contribution in [3.63, 3.8) is 0 Å². The van der Waals surface area contributed by atoms with Crippen LogP contribution in [0.1, 0.15) is 0 Å². The third-order valence-corrected chi connectivity index (χ3v) is 1.37. The lowest BCUT2D eigenvalue weighted by atomic mass is 10.1. The maximum atomic E-state index is 9.97. The molecule has 0 rings (SSSR count). The van der Waals surface area contributed by atoms with Gasteiger partial charge in [-0.2, -0.15) is 0 Å². The molecule has 0 aromatic heterocycles. The summed E-state index contributed by atoms with van der Waals surface area (Å²) in [7, 11) is 0. The molecule has 0 spiro atoms. The molecule has 0 radical (unpaired) electrons. The Hall–Kier alpha value is -0.950. The highest BCUT2D eigenvalue weighted by Gasteiger charge is 2.21. The number of carbonyl (C=O) groups is 1. The smallest absolute Gasteiger partial charge is 0.328 e. The van der Waals surface area contributed by atoms with Crippen LogP contribution in [-0.2, 0) is 4.79 Å². The van der Waals surface area contributed by atoms with Gasteiger partial charge in [0.1, 0.15) is 18.3 Å². The van der Waals surface area contributed by atoms with Gasteiger partial charge in [0.05, 0.1) is 6.61 Å². The fraction of sp³-hybridized carbons (Fsp3) is 0.571. The fourth-order valence-electron chi connectivity index (χ4n) is 0.630. The SMILES string of the molecule is O=C(O)C=CC(O)C(O)C(O)CO. The molecule has 0 aliphatic carbocycles. The van der Waals surface area contributed by atoms with Crippen LogP contribution >= 0.6 is 0 Å². The Labute approximate surface area is 74.4 Å². The van der Waals surface area contributed by atoms with Gasteiger partial charge in [0, 0.05) is 6.08 Å².